The Kier molecular flexibility index (Phi) is 5.40. The van der Waals surface area contributed by atoms with Crippen molar-refractivity contribution in [2.45, 2.75) is 0 Å². The Hall–Kier alpha value is 0.840. The molecular formula is C7H16O2P4+2. The third kappa shape index (κ3) is 5.32. The molecule has 2 nitrogen and oxygen atoms in total. The van der Waals surface area contributed by atoms with Crippen molar-refractivity contribution in [3.63, 3.8) is 0 Å². The molecule has 6 heteroatoms. The monoisotopic (exact) mass is 256 g/mol. The molecular weight excluding hydrogens is 240 g/mol. The van der Waals surface area contributed by atoms with Crippen molar-refractivity contribution in [3.05, 3.63) is 0 Å². The second-order valence-electron chi connectivity index (χ2n) is 3.32. The van der Waals surface area contributed by atoms with Crippen molar-refractivity contribution in [1.29, 1.82) is 0 Å². The Bertz CT molecular complexity index is 339. The summed E-state index contributed by atoms with van der Waals surface area (Å²) in [6, 6.07) is 0. The first kappa shape index (κ1) is 13.8. The fourth-order valence-corrected chi connectivity index (χ4v) is 7.01. The fourth-order valence-electron chi connectivity index (χ4n) is 0.600. The summed E-state index contributed by atoms with van der Waals surface area (Å²) in [6.45, 7) is 0.909. The van der Waals surface area contributed by atoms with Gasteiger partial charge in [0.1, 0.15) is 0 Å². The standard InChI is InChI=1S/C7H16O2P4/c1-10-12(4,8)6-7-13(5,9)11(2)3/h1H,2,6-7H2,3-5H3/q+2. The summed E-state index contributed by atoms with van der Waals surface area (Å²) in [5, 5.41) is 0. The SMILES string of the molecule is C#[P+]P(C)(=O)CCP(C)(=O)[P+](=C)C. The van der Waals surface area contributed by atoms with E-state index in [9.17, 15) is 9.13 Å². The van der Waals surface area contributed by atoms with Gasteiger partial charge in [-0.05, 0) is 0 Å². The van der Waals surface area contributed by atoms with Crippen molar-refractivity contribution in [1.82, 2.24) is 0 Å². The van der Waals surface area contributed by atoms with Gasteiger partial charge in [0, 0.05) is 0 Å². The molecule has 0 spiro atoms. The zero-order valence-electron chi connectivity index (χ0n) is 8.30. The molecule has 0 aromatic carbocycles. The van der Waals surface area contributed by atoms with Crippen LogP contribution in [0.25, 0.3) is 0 Å². The summed E-state index contributed by atoms with van der Waals surface area (Å²) < 4.78 is 23.5. The Morgan fingerprint density at radius 1 is 1.38 bits per heavy atom. The van der Waals surface area contributed by atoms with Crippen LogP contribution in [-0.2, 0) is 9.13 Å². The predicted octanol–water partition coefficient (Wildman–Crippen LogP) is 3.88. The molecule has 0 saturated carbocycles. The first-order chi connectivity index (χ1) is 5.71. The molecule has 0 aromatic heterocycles. The molecule has 13 heavy (non-hydrogen) atoms. The van der Waals surface area contributed by atoms with Gasteiger partial charge in [0.25, 0.3) is 0 Å². The molecule has 0 aliphatic carbocycles. The van der Waals surface area contributed by atoms with Crippen LogP contribution < -0.4 is 0 Å². The van der Waals surface area contributed by atoms with Gasteiger partial charge in [-0.25, -0.2) is 0 Å². The molecule has 0 rings (SSSR count). The minimum atomic E-state index is -2.25. The van der Waals surface area contributed by atoms with Crippen molar-refractivity contribution >= 4 is 34.9 Å². The van der Waals surface area contributed by atoms with E-state index >= 15 is 0 Å². The van der Waals surface area contributed by atoms with E-state index in [1.807, 2.05) is 6.66 Å². The maximum absolute atomic E-state index is 11.9. The van der Waals surface area contributed by atoms with Gasteiger partial charge in [-0.15, -0.1) is 0 Å². The third-order valence-corrected chi connectivity index (χ3v) is 13.3. The van der Waals surface area contributed by atoms with Gasteiger partial charge in [-0.3, -0.25) is 0 Å². The molecule has 0 aromatic rings. The van der Waals surface area contributed by atoms with E-state index in [1.165, 1.54) is 0 Å². The Morgan fingerprint density at radius 2 is 1.85 bits per heavy atom. The van der Waals surface area contributed by atoms with Crippen LogP contribution >= 0.6 is 28.6 Å². The molecule has 0 bridgehead atoms. The second-order valence-corrected chi connectivity index (χ2v) is 17.8. The summed E-state index contributed by atoms with van der Waals surface area (Å²) >= 11 is 0. The van der Waals surface area contributed by atoms with Crippen LogP contribution in [0.5, 0.6) is 0 Å². The van der Waals surface area contributed by atoms with E-state index in [0.717, 1.165) is 0 Å². The molecule has 74 valence electrons. The van der Waals surface area contributed by atoms with Gasteiger partial charge in [0.2, 0.25) is 0 Å². The first-order valence-electron chi connectivity index (χ1n) is 3.81. The van der Waals surface area contributed by atoms with E-state index in [-0.39, 0.29) is 0 Å². The maximum atomic E-state index is 11.9. The molecule has 0 saturated heterocycles. The summed E-state index contributed by atoms with van der Waals surface area (Å²) in [5.74, 6) is 0. The predicted molar refractivity (Wildman–Crippen MR) is 68.6 cm³/mol. The zero-order valence-corrected chi connectivity index (χ0v) is 11.9. The van der Waals surface area contributed by atoms with Crippen LogP contribution in [-0.4, -0.2) is 38.6 Å². The molecule has 3 atom stereocenters. The Labute approximate surface area is 82.9 Å². The molecule has 0 aliphatic rings. The van der Waals surface area contributed by atoms with Crippen LogP contribution in [0.2, 0.25) is 0 Å². The fraction of sp³-hybridized carbons (Fsp3) is 0.714. The van der Waals surface area contributed by atoms with E-state index in [1.54, 1.807) is 13.3 Å². The van der Waals surface area contributed by atoms with E-state index < -0.39 is 20.9 Å². The molecule has 0 heterocycles. The van der Waals surface area contributed by atoms with Crippen LogP contribution in [0.1, 0.15) is 0 Å². The number of hydrogen-bond donors (Lipinski definition) is 0. The average Bonchev–Trinajstić information content (AvgIpc) is 2.01. The van der Waals surface area contributed by atoms with Gasteiger partial charge in [-0.2, -0.15) is 0 Å². The first-order valence-corrected chi connectivity index (χ1v) is 12.8. The summed E-state index contributed by atoms with van der Waals surface area (Å²) in [7, 11) is -0.218. The summed E-state index contributed by atoms with van der Waals surface area (Å²) in [4.78, 5) is 0. The Balaban J connectivity index is 4.38. The molecule has 0 radical (unpaired) electrons. The molecule has 0 amide bonds. The van der Waals surface area contributed by atoms with Crippen LogP contribution in [0, 0.1) is 6.13 Å². The topological polar surface area (TPSA) is 34.1 Å². The summed E-state index contributed by atoms with van der Waals surface area (Å²) in [6.07, 6.45) is 10.1. The van der Waals surface area contributed by atoms with Crippen molar-refractivity contribution in [3.8, 4) is 6.13 Å². The average molecular weight is 256 g/mol. The van der Waals surface area contributed by atoms with Crippen LogP contribution in [0.15, 0.2) is 0 Å². The van der Waals surface area contributed by atoms with E-state index in [4.69, 9.17) is 6.13 Å². The van der Waals surface area contributed by atoms with E-state index in [2.05, 4.69) is 6.30 Å². The van der Waals surface area contributed by atoms with Gasteiger partial charge >= 0.3 is 82.5 Å². The summed E-state index contributed by atoms with van der Waals surface area (Å²) in [5.41, 5.74) is 0. The van der Waals surface area contributed by atoms with Crippen LogP contribution in [0.4, 0.5) is 0 Å². The van der Waals surface area contributed by atoms with Gasteiger partial charge in [0.15, 0.2) is 0 Å². The molecule has 0 fully saturated rings. The van der Waals surface area contributed by atoms with Crippen molar-refractivity contribution < 1.29 is 9.13 Å². The Morgan fingerprint density at radius 3 is 2.15 bits per heavy atom. The van der Waals surface area contributed by atoms with Crippen molar-refractivity contribution in [2.75, 3.05) is 32.3 Å². The van der Waals surface area contributed by atoms with Gasteiger partial charge in [0.05, 0.1) is 0 Å². The molecule has 3 unspecified atom stereocenters. The van der Waals surface area contributed by atoms with Crippen molar-refractivity contribution in [2.24, 2.45) is 0 Å². The van der Waals surface area contributed by atoms with Crippen LogP contribution in [0.3, 0.4) is 0 Å². The van der Waals surface area contributed by atoms with Gasteiger partial charge < -0.3 is 0 Å². The zero-order chi connectivity index (χ0) is 10.7. The number of hydrogen-bond acceptors (Lipinski definition) is 2. The van der Waals surface area contributed by atoms with Gasteiger partial charge in [-0.1, -0.05) is 0 Å². The normalized spacial score (nSPS) is 21.2. The third-order valence-electron chi connectivity index (χ3n) is 1.90. The molecule has 0 aliphatic heterocycles. The number of rotatable bonds is 4. The van der Waals surface area contributed by atoms with E-state index in [0.29, 0.717) is 20.0 Å². The minimum absolute atomic E-state index is 0.443. The molecule has 0 N–H and O–H groups in total. The quantitative estimate of drug-likeness (QED) is 0.715. The second kappa shape index (κ2) is 5.07.